The maximum absolute atomic E-state index is 11.9. The van der Waals surface area contributed by atoms with Crippen molar-refractivity contribution >= 4 is 5.78 Å². The Morgan fingerprint density at radius 3 is 2.47 bits per heavy atom. The SMILES string of the molecule is CCCCCC(=O)C1(O)CCC(C)CC1. The lowest BCUT2D eigenvalue weighted by atomic mass is 9.76. The molecule has 1 saturated carbocycles. The Bertz CT molecular complexity index is 203. The molecule has 1 N–H and O–H groups in total. The number of ketones is 1. The third-order valence-corrected chi connectivity index (χ3v) is 3.63. The summed E-state index contributed by atoms with van der Waals surface area (Å²) in [7, 11) is 0. The first-order valence-electron chi connectivity index (χ1n) is 6.34. The second-order valence-electron chi connectivity index (χ2n) is 5.09. The monoisotopic (exact) mass is 212 g/mol. The molecule has 0 aliphatic heterocycles. The second kappa shape index (κ2) is 5.64. The van der Waals surface area contributed by atoms with Gasteiger partial charge in [-0.2, -0.15) is 0 Å². The number of unbranched alkanes of at least 4 members (excludes halogenated alkanes) is 2. The van der Waals surface area contributed by atoms with Crippen LogP contribution in [0.2, 0.25) is 0 Å². The van der Waals surface area contributed by atoms with Crippen LogP contribution in [0.15, 0.2) is 0 Å². The fourth-order valence-corrected chi connectivity index (χ4v) is 2.29. The average molecular weight is 212 g/mol. The zero-order chi connectivity index (χ0) is 11.3. The molecule has 1 rings (SSSR count). The van der Waals surface area contributed by atoms with E-state index >= 15 is 0 Å². The standard InChI is InChI=1S/C13H24O2/c1-3-4-5-6-12(14)13(15)9-7-11(2)8-10-13/h11,15H,3-10H2,1-2H3. The van der Waals surface area contributed by atoms with Crippen molar-refractivity contribution in [2.75, 3.05) is 0 Å². The fraction of sp³-hybridized carbons (Fsp3) is 0.923. The minimum absolute atomic E-state index is 0.0860. The van der Waals surface area contributed by atoms with E-state index in [0.717, 1.165) is 32.1 Å². The first-order chi connectivity index (χ1) is 7.08. The highest BCUT2D eigenvalue weighted by molar-refractivity contribution is 5.87. The van der Waals surface area contributed by atoms with E-state index in [-0.39, 0.29) is 5.78 Å². The summed E-state index contributed by atoms with van der Waals surface area (Å²) in [4.78, 5) is 11.9. The van der Waals surface area contributed by atoms with Crippen LogP contribution in [0.4, 0.5) is 0 Å². The molecule has 2 heteroatoms. The predicted molar refractivity (Wildman–Crippen MR) is 61.7 cm³/mol. The Kier molecular flexibility index (Phi) is 4.78. The average Bonchev–Trinajstić information content (AvgIpc) is 2.23. The van der Waals surface area contributed by atoms with Gasteiger partial charge in [-0.05, 0) is 38.0 Å². The summed E-state index contributed by atoms with van der Waals surface area (Å²) < 4.78 is 0. The molecule has 0 amide bonds. The molecule has 0 radical (unpaired) electrons. The van der Waals surface area contributed by atoms with Gasteiger partial charge in [-0.3, -0.25) is 4.79 Å². The van der Waals surface area contributed by atoms with Gasteiger partial charge in [0, 0.05) is 6.42 Å². The van der Waals surface area contributed by atoms with Crippen LogP contribution in [-0.4, -0.2) is 16.5 Å². The van der Waals surface area contributed by atoms with E-state index in [2.05, 4.69) is 13.8 Å². The Morgan fingerprint density at radius 1 is 1.33 bits per heavy atom. The van der Waals surface area contributed by atoms with Crippen molar-refractivity contribution in [1.82, 2.24) is 0 Å². The highest BCUT2D eigenvalue weighted by Gasteiger charge is 2.37. The Hall–Kier alpha value is -0.370. The van der Waals surface area contributed by atoms with E-state index in [1.54, 1.807) is 0 Å². The van der Waals surface area contributed by atoms with Gasteiger partial charge >= 0.3 is 0 Å². The first kappa shape index (κ1) is 12.7. The van der Waals surface area contributed by atoms with Gasteiger partial charge in [-0.25, -0.2) is 0 Å². The number of Topliss-reactive ketones (excluding diaryl/α,β-unsaturated/α-hetero) is 1. The summed E-state index contributed by atoms with van der Waals surface area (Å²) in [6, 6.07) is 0. The maximum Gasteiger partial charge on any atom is 0.164 e. The van der Waals surface area contributed by atoms with Gasteiger partial charge in [0.2, 0.25) is 0 Å². The molecule has 0 saturated heterocycles. The van der Waals surface area contributed by atoms with Crippen LogP contribution >= 0.6 is 0 Å². The highest BCUT2D eigenvalue weighted by Crippen LogP contribution is 2.33. The van der Waals surface area contributed by atoms with Crippen LogP contribution < -0.4 is 0 Å². The largest absolute Gasteiger partial charge is 0.382 e. The number of rotatable bonds is 5. The number of carbonyl (C=O) groups excluding carboxylic acids is 1. The van der Waals surface area contributed by atoms with E-state index in [1.165, 1.54) is 0 Å². The first-order valence-corrected chi connectivity index (χ1v) is 6.34. The minimum atomic E-state index is -0.972. The number of aliphatic hydroxyl groups is 1. The molecule has 0 aromatic carbocycles. The van der Waals surface area contributed by atoms with Crippen molar-refractivity contribution in [3.63, 3.8) is 0 Å². The van der Waals surface area contributed by atoms with Gasteiger partial charge in [0.15, 0.2) is 5.78 Å². The second-order valence-corrected chi connectivity index (χ2v) is 5.09. The summed E-state index contributed by atoms with van der Waals surface area (Å²) in [6.07, 6.45) is 7.08. The highest BCUT2D eigenvalue weighted by atomic mass is 16.3. The van der Waals surface area contributed by atoms with Gasteiger partial charge in [0.1, 0.15) is 5.60 Å². The lowest BCUT2D eigenvalue weighted by molar-refractivity contribution is -0.141. The molecule has 0 aromatic rings. The lowest BCUT2D eigenvalue weighted by Crippen LogP contribution is -2.41. The number of hydrogen-bond donors (Lipinski definition) is 1. The van der Waals surface area contributed by atoms with Crippen molar-refractivity contribution < 1.29 is 9.90 Å². The van der Waals surface area contributed by atoms with Gasteiger partial charge in [0.25, 0.3) is 0 Å². The van der Waals surface area contributed by atoms with Crippen LogP contribution in [0, 0.1) is 5.92 Å². The lowest BCUT2D eigenvalue weighted by Gasteiger charge is -2.33. The third kappa shape index (κ3) is 3.60. The predicted octanol–water partition coefficient (Wildman–Crippen LogP) is 3.08. The molecule has 0 bridgehead atoms. The molecule has 1 aliphatic rings. The molecule has 15 heavy (non-hydrogen) atoms. The van der Waals surface area contributed by atoms with Crippen molar-refractivity contribution in [2.24, 2.45) is 5.92 Å². The van der Waals surface area contributed by atoms with Crippen molar-refractivity contribution in [2.45, 2.75) is 70.8 Å². The van der Waals surface area contributed by atoms with Gasteiger partial charge < -0.3 is 5.11 Å². The number of carbonyl (C=O) groups is 1. The summed E-state index contributed by atoms with van der Waals surface area (Å²) in [5.74, 6) is 0.761. The van der Waals surface area contributed by atoms with Crippen LogP contribution in [0.3, 0.4) is 0 Å². The third-order valence-electron chi connectivity index (χ3n) is 3.63. The maximum atomic E-state index is 11.9. The molecule has 0 atom stereocenters. The zero-order valence-corrected chi connectivity index (χ0v) is 10.1. The Balaban J connectivity index is 2.36. The smallest absolute Gasteiger partial charge is 0.164 e. The van der Waals surface area contributed by atoms with Crippen molar-refractivity contribution in [1.29, 1.82) is 0 Å². The molecule has 2 nitrogen and oxygen atoms in total. The van der Waals surface area contributed by atoms with Crippen LogP contribution in [0.5, 0.6) is 0 Å². The van der Waals surface area contributed by atoms with Crippen molar-refractivity contribution in [3.8, 4) is 0 Å². The topological polar surface area (TPSA) is 37.3 Å². The molecule has 1 aliphatic carbocycles. The minimum Gasteiger partial charge on any atom is -0.382 e. The van der Waals surface area contributed by atoms with E-state index in [4.69, 9.17) is 0 Å². The van der Waals surface area contributed by atoms with Crippen LogP contribution in [-0.2, 0) is 4.79 Å². The van der Waals surface area contributed by atoms with Gasteiger partial charge in [-0.1, -0.05) is 26.7 Å². The van der Waals surface area contributed by atoms with E-state index < -0.39 is 5.60 Å². The normalized spacial score (nSPS) is 31.5. The van der Waals surface area contributed by atoms with Crippen LogP contribution in [0.25, 0.3) is 0 Å². The summed E-state index contributed by atoms with van der Waals surface area (Å²) in [5, 5.41) is 10.2. The fourth-order valence-electron chi connectivity index (χ4n) is 2.29. The molecule has 0 heterocycles. The van der Waals surface area contributed by atoms with E-state index in [1.807, 2.05) is 0 Å². The molecular formula is C13H24O2. The van der Waals surface area contributed by atoms with E-state index in [0.29, 0.717) is 25.2 Å². The Morgan fingerprint density at radius 2 is 1.93 bits per heavy atom. The summed E-state index contributed by atoms with van der Waals surface area (Å²) in [6.45, 7) is 4.32. The molecule has 88 valence electrons. The van der Waals surface area contributed by atoms with Crippen molar-refractivity contribution in [3.05, 3.63) is 0 Å². The van der Waals surface area contributed by atoms with Gasteiger partial charge in [0.05, 0.1) is 0 Å². The molecule has 1 fully saturated rings. The van der Waals surface area contributed by atoms with Crippen LogP contribution in [0.1, 0.15) is 65.2 Å². The molecule has 0 spiro atoms. The zero-order valence-electron chi connectivity index (χ0n) is 10.1. The van der Waals surface area contributed by atoms with E-state index in [9.17, 15) is 9.90 Å². The molecule has 0 unspecified atom stereocenters. The molecular weight excluding hydrogens is 188 g/mol. The Labute approximate surface area is 93.1 Å². The van der Waals surface area contributed by atoms with Gasteiger partial charge in [-0.15, -0.1) is 0 Å². The number of hydrogen-bond acceptors (Lipinski definition) is 2. The molecule has 0 aromatic heterocycles. The summed E-state index contributed by atoms with van der Waals surface area (Å²) >= 11 is 0. The quantitative estimate of drug-likeness (QED) is 0.711. The summed E-state index contributed by atoms with van der Waals surface area (Å²) in [5.41, 5.74) is -0.972.